The van der Waals surface area contributed by atoms with Crippen molar-refractivity contribution in [3.05, 3.63) is 64.8 Å². The number of methoxy groups -OCH3 is 1. The van der Waals surface area contributed by atoms with Crippen LogP contribution in [0.2, 0.25) is 5.02 Å². The third-order valence-corrected chi connectivity index (χ3v) is 5.01. The fraction of sp³-hybridized carbons (Fsp3) is 0.286. The number of aryl methyl sites for hydroxylation is 1. The smallest absolute Gasteiger partial charge is 0.255 e. The number of amides is 1. The second-order valence-corrected chi connectivity index (χ2v) is 7.18. The Morgan fingerprint density at radius 2 is 2.00 bits per heavy atom. The first-order chi connectivity index (χ1) is 12.9. The van der Waals surface area contributed by atoms with Gasteiger partial charge < -0.3 is 19.5 Å². The quantitative estimate of drug-likeness (QED) is 0.700. The summed E-state index contributed by atoms with van der Waals surface area (Å²) in [6.07, 6.45) is 2.13. The molecule has 0 bridgehead atoms. The summed E-state index contributed by atoms with van der Waals surface area (Å²) in [6.45, 7) is 0.468. The minimum atomic E-state index is -0.207. The van der Waals surface area contributed by atoms with E-state index in [1.807, 2.05) is 33.3 Å². The van der Waals surface area contributed by atoms with Crippen molar-refractivity contribution in [2.45, 2.75) is 6.04 Å². The van der Waals surface area contributed by atoms with Gasteiger partial charge in [-0.25, -0.2) is 0 Å². The molecule has 1 amide bonds. The Bertz CT molecular complexity index is 965. The molecule has 1 atom stereocenters. The molecule has 142 valence electrons. The number of fused-ring (bicyclic) bond motifs is 1. The molecule has 1 heterocycles. The summed E-state index contributed by atoms with van der Waals surface area (Å²) in [5.41, 5.74) is 2.78. The fourth-order valence-corrected chi connectivity index (χ4v) is 3.52. The normalized spacial score (nSPS) is 12.4. The van der Waals surface area contributed by atoms with Crippen LogP contribution < -0.4 is 10.1 Å². The number of nitrogens with one attached hydrogen (secondary N) is 1. The van der Waals surface area contributed by atoms with Crippen LogP contribution in [0.15, 0.2) is 48.7 Å². The van der Waals surface area contributed by atoms with Gasteiger partial charge in [-0.1, -0.05) is 29.8 Å². The van der Waals surface area contributed by atoms with Gasteiger partial charge in [-0.2, -0.15) is 0 Å². The Labute approximate surface area is 164 Å². The Balaban J connectivity index is 1.86. The summed E-state index contributed by atoms with van der Waals surface area (Å²) in [5, 5.41) is 4.71. The minimum absolute atomic E-state index is 0.0326. The van der Waals surface area contributed by atoms with E-state index < -0.39 is 0 Å². The van der Waals surface area contributed by atoms with Gasteiger partial charge >= 0.3 is 0 Å². The molecule has 0 fully saturated rings. The number of hydrogen-bond acceptors (Lipinski definition) is 3. The van der Waals surface area contributed by atoms with Gasteiger partial charge in [0.2, 0.25) is 0 Å². The molecule has 5 nitrogen and oxygen atoms in total. The number of carbonyl (C=O) groups excluding carboxylic acids is 1. The maximum atomic E-state index is 12.7. The van der Waals surface area contributed by atoms with E-state index in [1.54, 1.807) is 25.3 Å². The largest absolute Gasteiger partial charge is 0.496 e. The van der Waals surface area contributed by atoms with E-state index in [-0.39, 0.29) is 11.9 Å². The van der Waals surface area contributed by atoms with Gasteiger partial charge in [0.1, 0.15) is 5.75 Å². The van der Waals surface area contributed by atoms with Crippen molar-refractivity contribution in [2.24, 2.45) is 7.05 Å². The molecule has 0 aliphatic rings. The molecule has 0 saturated carbocycles. The Hall–Kier alpha value is -2.50. The summed E-state index contributed by atoms with van der Waals surface area (Å²) in [7, 11) is 7.60. The molecule has 2 aromatic carbocycles. The lowest BCUT2D eigenvalue weighted by Gasteiger charge is -2.24. The number of benzene rings is 2. The van der Waals surface area contributed by atoms with Crippen molar-refractivity contribution < 1.29 is 9.53 Å². The van der Waals surface area contributed by atoms with Crippen LogP contribution in [0.25, 0.3) is 10.9 Å². The van der Waals surface area contributed by atoms with E-state index in [1.165, 1.54) is 16.5 Å². The number of carbonyl (C=O) groups is 1. The maximum Gasteiger partial charge on any atom is 0.255 e. The molecule has 0 aliphatic carbocycles. The summed E-state index contributed by atoms with van der Waals surface area (Å²) in [4.78, 5) is 14.8. The predicted octanol–water partition coefficient (Wildman–Crippen LogP) is 3.87. The summed E-state index contributed by atoms with van der Waals surface area (Å²) < 4.78 is 7.40. The van der Waals surface area contributed by atoms with Crippen molar-refractivity contribution in [1.29, 1.82) is 0 Å². The maximum absolute atomic E-state index is 12.7. The highest BCUT2D eigenvalue weighted by atomic mass is 35.5. The van der Waals surface area contributed by atoms with Gasteiger partial charge in [-0.05, 0) is 43.9 Å². The second-order valence-electron chi connectivity index (χ2n) is 6.75. The zero-order chi connectivity index (χ0) is 19.6. The van der Waals surface area contributed by atoms with Crippen LogP contribution in [0.4, 0.5) is 0 Å². The van der Waals surface area contributed by atoms with Crippen LogP contribution in [0.3, 0.4) is 0 Å². The van der Waals surface area contributed by atoms with Crippen LogP contribution >= 0.6 is 11.6 Å². The van der Waals surface area contributed by atoms with Crippen LogP contribution in [0.5, 0.6) is 5.75 Å². The highest BCUT2D eigenvalue weighted by molar-refractivity contribution is 6.31. The van der Waals surface area contributed by atoms with Gasteiger partial charge in [-0.15, -0.1) is 0 Å². The number of aromatic nitrogens is 1. The highest BCUT2D eigenvalue weighted by Gasteiger charge is 2.21. The average molecular weight is 386 g/mol. The van der Waals surface area contributed by atoms with E-state index in [2.05, 4.69) is 33.1 Å². The molecule has 0 radical (unpaired) electrons. The molecular formula is C21H24ClN3O2. The lowest BCUT2D eigenvalue weighted by Crippen LogP contribution is -2.34. The number of nitrogens with zero attached hydrogens (tertiary/aromatic N) is 2. The Kier molecular flexibility index (Phi) is 5.73. The standard InChI is InChI=1S/C21H24ClN3O2/c1-24(2)19(17-13-25(3)18-8-6-5-7-15(17)18)12-23-21(26)16-11-14(22)9-10-20(16)27-4/h5-11,13,19H,12H2,1-4H3,(H,23,26). The molecular weight excluding hydrogens is 362 g/mol. The van der Waals surface area contributed by atoms with E-state index in [4.69, 9.17) is 16.3 Å². The van der Waals surface area contributed by atoms with Gasteiger partial charge in [0, 0.05) is 35.7 Å². The van der Waals surface area contributed by atoms with E-state index in [0.29, 0.717) is 22.9 Å². The van der Waals surface area contributed by atoms with Crippen molar-refractivity contribution in [1.82, 2.24) is 14.8 Å². The number of ether oxygens (including phenoxy) is 1. The van der Waals surface area contributed by atoms with Crippen molar-refractivity contribution in [3.63, 3.8) is 0 Å². The van der Waals surface area contributed by atoms with E-state index >= 15 is 0 Å². The number of rotatable bonds is 6. The van der Waals surface area contributed by atoms with Crippen LogP contribution in [-0.2, 0) is 7.05 Å². The van der Waals surface area contributed by atoms with Crippen LogP contribution in [0, 0.1) is 0 Å². The average Bonchev–Trinajstić information content (AvgIpc) is 2.98. The number of likely N-dealkylation sites (N-methyl/N-ethyl adjacent to an activating group) is 1. The number of para-hydroxylation sites is 1. The minimum Gasteiger partial charge on any atom is -0.496 e. The lowest BCUT2D eigenvalue weighted by molar-refractivity contribution is 0.0939. The molecule has 0 spiro atoms. The molecule has 3 aromatic rings. The predicted molar refractivity (Wildman–Crippen MR) is 110 cm³/mol. The Morgan fingerprint density at radius 1 is 1.26 bits per heavy atom. The van der Waals surface area contributed by atoms with E-state index in [9.17, 15) is 4.79 Å². The summed E-state index contributed by atoms with van der Waals surface area (Å²) >= 11 is 6.05. The fourth-order valence-electron chi connectivity index (χ4n) is 3.35. The van der Waals surface area contributed by atoms with E-state index in [0.717, 1.165) is 0 Å². The molecule has 0 aliphatic heterocycles. The van der Waals surface area contributed by atoms with Crippen molar-refractivity contribution in [2.75, 3.05) is 27.7 Å². The monoisotopic (exact) mass is 385 g/mol. The molecule has 3 rings (SSSR count). The lowest BCUT2D eigenvalue weighted by atomic mass is 10.0. The second kappa shape index (κ2) is 8.03. The molecule has 6 heteroatoms. The first-order valence-corrected chi connectivity index (χ1v) is 9.12. The third-order valence-electron chi connectivity index (χ3n) is 4.77. The first-order valence-electron chi connectivity index (χ1n) is 8.74. The van der Waals surface area contributed by atoms with Crippen molar-refractivity contribution >= 4 is 28.4 Å². The molecule has 1 N–H and O–H groups in total. The zero-order valence-corrected chi connectivity index (χ0v) is 16.7. The molecule has 0 saturated heterocycles. The third kappa shape index (κ3) is 3.94. The number of halogens is 1. The van der Waals surface area contributed by atoms with Crippen LogP contribution in [-0.4, -0.2) is 43.1 Å². The summed E-state index contributed by atoms with van der Waals surface area (Å²) in [5.74, 6) is 0.296. The van der Waals surface area contributed by atoms with Crippen molar-refractivity contribution in [3.8, 4) is 5.75 Å². The topological polar surface area (TPSA) is 46.5 Å². The van der Waals surface area contributed by atoms with Gasteiger partial charge in [-0.3, -0.25) is 4.79 Å². The SMILES string of the molecule is COc1ccc(Cl)cc1C(=O)NCC(c1cn(C)c2ccccc12)N(C)C. The van der Waals surface area contributed by atoms with Crippen LogP contribution in [0.1, 0.15) is 22.0 Å². The first kappa shape index (κ1) is 19.3. The van der Waals surface area contributed by atoms with Gasteiger partial charge in [0.25, 0.3) is 5.91 Å². The zero-order valence-electron chi connectivity index (χ0n) is 16.0. The molecule has 1 unspecified atom stereocenters. The Morgan fingerprint density at radius 3 is 2.70 bits per heavy atom. The molecule has 1 aromatic heterocycles. The highest BCUT2D eigenvalue weighted by Crippen LogP contribution is 2.28. The summed E-state index contributed by atoms with van der Waals surface area (Å²) in [6, 6.07) is 13.3. The van der Waals surface area contributed by atoms with Gasteiger partial charge in [0.15, 0.2) is 0 Å². The number of hydrogen-bond donors (Lipinski definition) is 1. The molecule has 27 heavy (non-hydrogen) atoms. The van der Waals surface area contributed by atoms with Gasteiger partial charge in [0.05, 0.1) is 18.7 Å².